The van der Waals surface area contributed by atoms with Gasteiger partial charge in [-0.2, -0.15) is 0 Å². The number of amides is 2. The monoisotopic (exact) mass is 338 g/mol. The van der Waals surface area contributed by atoms with Gasteiger partial charge in [0.25, 0.3) is 0 Å². The van der Waals surface area contributed by atoms with E-state index in [-0.39, 0.29) is 24.3 Å². The molecule has 0 aromatic heterocycles. The fourth-order valence-electron chi connectivity index (χ4n) is 2.79. The first-order valence-electron chi connectivity index (χ1n) is 8.71. The van der Waals surface area contributed by atoms with Crippen molar-refractivity contribution in [1.82, 2.24) is 5.32 Å². The molecule has 0 saturated heterocycles. The van der Waals surface area contributed by atoms with E-state index >= 15 is 0 Å². The van der Waals surface area contributed by atoms with Crippen LogP contribution in [0.4, 0.5) is 5.69 Å². The highest BCUT2D eigenvalue weighted by molar-refractivity contribution is 5.96. The molecule has 0 aliphatic heterocycles. The van der Waals surface area contributed by atoms with Crippen molar-refractivity contribution in [2.45, 2.75) is 39.5 Å². The number of nitrogens with one attached hydrogen (secondary N) is 2. The first-order valence-corrected chi connectivity index (χ1v) is 8.71. The quantitative estimate of drug-likeness (QED) is 0.803. The third kappa shape index (κ3) is 5.18. The van der Waals surface area contributed by atoms with Crippen LogP contribution in [0.5, 0.6) is 0 Å². The lowest BCUT2D eigenvalue weighted by Gasteiger charge is -2.17. The van der Waals surface area contributed by atoms with Crippen LogP contribution >= 0.6 is 0 Å². The van der Waals surface area contributed by atoms with E-state index in [2.05, 4.69) is 17.6 Å². The van der Waals surface area contributed by atoms with E-state index in [0.717, 1.165) is 35.2 Å². The van der Waals surface area contributed by atoms with Crippen LogP contribution in [0.1, 0.15) is 42.4 Å². The minimum absolute atomic E-state index is 0.0285. The van der Waals surface area contributed by atoms with Crippen molar-refractivity contribution in [1.29, 1.82) is 0 Å². The van der Waals surface area contributed by atoms with Gasteiger partial charge in [-0.15, -0.1) is 0 Å². The first kappa shape index (κ1) is 18.7. The maximum Gasteiger partial charge on any atom is 0.243 e. The van der Waals surface area contributed by atoms with Crippen LogP contribution < -0.4 is 10.6 Å². The number of anilines is 1. The van der Waals surface area contributed by atoms with Crippen LogP contribution in [0.2, 0.25) is 0 Å². The summed E-state index contributed by atoms with van der Waals surface area (Å²) in [5.74, 6) is -0.547. The van der Waals surface area contributed by atoms with Gasteiger partial charge in [0.1, 0.15) is 0 Å². The molecule has 0 bridgehead atoms. The van der Waals surface area contributed by atoms with Gasteiger partial charge in [-0.25, -0.2) is 0 Å². The van der Waals surface area contributed by atoms with E-state index in [4.69, 9.17) is 0 Å². The van der Waals surface area contributed by atoms with E-state index in [1.54, 1.807) is 0 Å². The van der Waals surface area contributed by atoms with Gasteiger partial charge in [-0.05, 0) is 43.0 Å². The fraction of sp³-hybridized carbons (Fsp3) is 0.333. The summed E-state index contributed by atoms with van der Waals surface area (Å²) in [7, 11) is 0. The normalized spacial score (nSPS) is 11.6. The Hall–Kier alpha value is -2.62. The third-order valence-electron chi connectivity index (χ3n) is 4.40. The molecule has 0 saturated carbocycles. The predicted octanol–water partition coefficient (Wildman–Crippen LogP) is 3.94. The van der Waals surface area contributed by atoms with Crippen molar-refractivity contribution in [3.8, 4) is 0 Å². The summed E-state index contributed by atoms with van der Waals surface area (Å²) in [4.78, 5) is 24.7. The van der Waals surface area contributed by atoms with Gasteiger partial charge in [-0.3, -0.25) is 9.59 Å². The number of hydrogen-bond donors (Lipinski definition) is 2. The lowest BCUT2D eigenvalue weighted by Crippen LogP contribution is -2.36. The molecule has 2 amide bonds. The Bertz CT molecular complexity index is 726. The van der Waals surface area contributed by atoms with Crippen LogP contribution in [-0.2, 0) is 9.59 Å². The minimum Gasteiger partial charge on any atom is -0.346 e. The predicted molar refractivity (Wildman–Crippen MR) is 102 cm³/mol. The molecule has 2 N–H and O–H groups in total. The number of hydrogen-bond acceptors (Lipinski definition) is 2. The highest BCUT2D eigenvalue weighted by Gasteiger charge is 2.20. The Morgan fingerprint density at radius 2 is 1.72 bits per heavy atom. The Labute approximate surface area is 149 Å². The molecule has 4 heteroatoms. The zero-order valence-electron chi connectivity index (χ0n) is 15.1. The molecule has 0 spiro atoms. The van der Waals surface area contributed by atoms with Gasteiger partial charge < -0.3 is 10.6 Å². The smallest absolute Gasteiger partial charge is 0.243 e. The lowest BCUT2D eigenvalue weighted by atomic mass is 9.94. The molecular formula is C21H26N2O2. The van der Waals surface area contributed by atoms with Crippen molar-refractivity contribution in [2.75, 3.05) is 11.9 Å². The van der Waals surface area contributed by atoms with Crippen molar-refractivity contribution in [3.63, 3.8) is 0 Å². The zero-order valence-corrected chi connectivity index (χ0v) is 15.1. The average Bonchev–Trinajstić information content (AvgIpc) is 2.62. The lowest BCUT2D eigenvalue weighted by molar-refractivity contribution is -0.125. The van der Waals surface area contributed by atoms with Gasteiger partial charge in [0.05, 0.1) is 12.5 Å². The van der Waals surface area contributed by atoms with Crippen molar-refractivity contribution in [2.24, 2.45) is 0 Å². The molecule has 0 unspecified atom stereocenters. The number of carbonyl (C=O) groups is 2. The largest absolute Gasteiger partial charge is 0.346 e. The average molecular weight is 338 g/mol. The summed E-state index contributed by atoms with van der Waals surface area (Å²) < 4.78 is 0. The van der Waals surface area contributed by atoms with Crippen molar-refractivity contribution < 1.29 is 9.59 Å². The topological polar surface area (TPSA) is 58.2 Å². The highest BCUT2D eigenvalue weighted by atomic mass is 16.2. The number of rotatable bonds is 7. The summed E-state index contributed by atoms with van der Waals surface area (Å²) in [5.41, 5.74) is 3.92. The van der Waals surface area contributed by atoms with E-state index < -0.39 is 0 Å². The summed E-state index contributed by atoms with van der Waals surface area (Å²) in [5, 5.41) is 5.63. The number of benzene rings is 2. The molecule has 2 aromatic rings. The van der Waals surface area contributed by atoms with Crippen LogP contribution in [0.25, 0.3) is 0 Å². The van der Waals surface area contributed by atoms with Gasteiger partial charge in [0.15, 0.2) is 0 Å². The van der Waals surface area contributed by atoms with Crippen LogP contribution in [0.3, 0.4) is 0 Å². The summed E-state index contributed by atoms with van der Waals surface area (Å²) in [6.45, 7) is 5.99. The molecule has 0 aliphatic rings. The van der Waals surface area contributed by atoms with E-state index in [0.29, 0.717) is 0 Å². The van der Waals surface area contributed by atoms with E-state index in [1.807, 2.05) is 62.4 Å². The zero-order chi connectivity index (χ0) is 18.2. The first-order chi connectivity index (χ1) is 12.0. The molecule has 25 heavy (non-hydrogen) atoms. The molecule has 0 fully saturated rings. The number of aryl methyl sites for hydroxylation is 1. The molecule has 0 radical (unpaired) electrons. The van der Waals surface area contributed by atoms with Gasteiger partial charge in [-0.1, -0.05) is 55.8 Å². The molecule has 1 atom stereocenters. The highest BCUT2D eigenvalue weighted by Crippen LogP contribution is 2.21. The van der Waals surface area contributed by atoms with Crippen LogP contribution in [0.15, 0.2) is 48.5 Å². The minimum atomic E-state index is -0.222. The second kappa shape index (κ2) is 9.02. The Morgan fingerprint density at radius 1 is 1.00 bits per heavy atom. The summed E-state index contributed by atoms with van der Waals surface area (Å²) in [6, 6.07) is 15.5. The Morgan fingerprint density at radius 3 is 2.40 bits per heavy atom. The van der Waals surface area contributed by atoms with E-state index in [9.17, 15) is 9.59 Å². The molecule has 2 aromatic carbocycles. The number of carbonyl (C=O) groups excluding carboxylic acids is 2. The van der Waals surface area contributed by atoms with Crippen LogP contribution in [-0.4, -0.2) is 18.4 Å². The summed E-state index contributed by atoms with van der Waals surface area (Å²) >= 11 is 0. The maximum absolute atomic E-state index is 12.5. The maximum atomic E-state index is 12.5. The second-order valence-electron chi connectivity index (χ2n) is 6.27. The van der Waals surface area contributed by atoms with Crippen molar-refractivity contribution >= 4 is 17.5 Å². The van der Waals surface area contributed by atoms with Gasteiger partial charge in [0, 0.05) is 5.69 Å². The Balaban J connectivity index is 1.95. The van der Waals surface area contributed by atoms with Gasteiger partial charge in [0.2, 0.25) is 11.8 Å². The Kier molecular flexibility index (Phi) is 6.75. The summed E-state index contributed by atoms with van der Waals surface area (Å²) in [6.07, 6.45) is 1.66. The molecule has 0 heterocycles. The molecule has 4 nitrogen and oxygen atoms in total. The molecule has 132 valence electrons. The standard InChI is InChI=1S/C21H26N2O2/c1-4-9-18(17-11-6-5-7-12-17)21(25)22-14-20(24)23-19-13-8-10-15(2)16(19)3/h5-8,10-13,18H,4,9,14H2,1-3H3,(H,22,25)(H,23,24)/t18-/m0/s1. The molecule has 2 rings (SSSR count). The van der Waals surface area contributed by atoms with E-state index in [1.165, 1.54) is 0 Å². The molecular weight excluding hydrogens is 312 g/mol. The van der Waals surface area contributed by atoms with Crippen molar-refractivity contribution in [3.05, 3.63) is 65.2 Å². The fourth-order valence-corrected chi connectivity index (χ4v) is 2.79. The molecule has 0 aliphatic carbocycles. The SMILES string of the molecule is CCC[C@H](C(=O)NCC(=O)Nc1cccc(C)c1C)c1ccccc1. The second-order valence-corrected chi connectivity index (χ2v) is 6.27. The third-order valence-corrected chi connectivity index (χ3v) is 4.40. The van der Waals surface area contributed by atoms with Crippen LogP contribution in [0, 0.1) is 13.8 Å². The van der Waals surface area contributed by atoms with Gasteiger partial charge >= 0.3 is 0 Å².